The van der Waals surface area contributed by atoms with Crippen molar-refractivity contribution in [1.82, 2.24) is 4.98 Å². The third-order valence-electron chi connectivity index (χ3n) is 7.13. The van der Waals surface area contributed by atoms with Gasteiger partial charge in [0.1, 0.15) is 12.0 Å². The lowest BCUT2D eigenvalue weighted by Gasteiger charge is -2.21. The monoisotopic (exact) mass is 550 g/mol. The molecule has 2 unspecified atom stereocenters. The van der Waals surface area contributed by atoms with Gasteiger partial charge in [0.2, 0.25) is 5.89 Å². The quantitative estimate of drug-likeness (QED) is 0.255. The number of hydrogen-bond acceptors (Lipinski definition) is 5. The molecule has 4 rings (SSSR count). The molecule has 40 heavy (non-hydrogen) atoms. The largest absolute Gasteiger partial charge is 0.493 e. The van der Waals surface area contributed by atoms with Crippen molar-refractivity contribution in [1.29, 1.82) is 0 Å². The fourth-order valence-electron chi connectivity index (χ4n) is 4.77. The Morgan fingerprint density at radius 3 is 2.33 bits per heavy atom. The van der Waals surface area contributed by atoms with E-state index >= 15 is 0 Å². The third-order valence-corrected chi connectivity index (χ3v) is 7.13. The zero-order valence-electron chi connectivity index (χ0n) is 26.2. The van der Waals surface area contributed by atoms with Crippen molar-refractivity contribution in [2.45, 2.75) is 105 Å². The number of unbranched alkanes of at least 4 members (excludes halogenated alkanes) is 3. The summed E-state index contributed by atoms with van der Waals surface area (Å²) in [5.41, 5.74) is 9.32. The van der Waals surface area contributed by atoms with Gasteiger partial charge < -0.3 is 19.6 Å². The van der Waals surface area contributed by atoms with Gasteiger partial charge in [-0.25, -0.2) is 4.98 Å². The lowest BCUT2D eigenvalue weighted by atomic mass is 9.84. The molecule has 1 aromatic heterocycles. The van der Waals surface area contributed by atoms with Gasteiger partial charge in [-0.1, -0.05) is 96.2 Å². The van der Waals surface area contributed by atoms with Crippen molar-refractivity contribution in [2.24, 2.45) is 11.7 Å². The molecule has 2 N–H and O–H groups in total. The van der Waals surface area contributed by atoms with E-state index in [2.05, 4.69) is 64.7 Å². The predicted octanol–water partition coefficient (Wildman–Crippen LogP) is 8.92. The Hall–Kier alpha value is -2.63. The van der Waals surface area contributed by atoms with Gasteiger partial charge in [0.05, 0.1) is 18.4 Å². The van der Waals surface area contributed by atoms with Crippen molar-refractivity contribution >= 4 is 0 Å². The molecule has 0 aliphatic carbocycles. The average Bonchev–Trinajstić information content (AvgIpc) is 3.57. The molecule has 0 bridgehead atoms. The highest BCUT2D eigenvalue weighted by Gasteiger charge is 2.23. The molecule has 0 radical (unpaired) electrons. The molecule has 222 valence electrons. The summed E-state index contributed by atoms with van der Waals surface area (Å²) in [6.07, 6.45) is 11.2. The second-order valence-corrected chi connectivity index (χ2v) is 11.7. The molecule has 1 fully saturated rings. The minimum Gasteiger partial charge on any atom is -0.493 e. The first kappa shape index (κ1) is 33.6. The van der Waals surface area contributed by atoms with Crippen LogP contribution in [0.1, 0.15) is 96.9 Å². The Morgan fingerprint density at radius 2 is 1.70 bits per heavy atom. The van der Waals surface area contributed by atoms with E-state index in [1.54, 1.807) is 6.26 Å². The van der Waals surface area contributed by atoms with Gasteiger partial charge in [0.25, 0.3) is 0 Å². The minimum atomic E-state index is 0.0414. The van der Waals surface area contributed by atoms with E-state index in [9.17, 15) is 0 Å². The van der Waals surface area contributed by atoms with E-state index < -0.39 is 0 Å². The van der Waals surface area contributed by atoms with E-state index in [-0.39, 0.29) is 5.41 Å². The number of nitrogens with zero attached hydrogens (tertiary/aromatic N) is 1. The van der Waals surface area contributed by atoms with Crippen molar-refractivity contribution < 1.29 is 13.9 Å². The Balaban J connectivity index is 0.000000312. The number of ether oxygens (including phenoxy) is 2. The summed E-state index contributed by atoms with van der Waals surface area (Å²) < 4.78 is 17.0. The van der Waals surface area contributed by atoms with E-state index in [4.69, 9.17) is 19.6 Å². The van der Waals surface area contributed by atoms with Gasteiger partial charge >= 0.3 is 0 Å². The SMILES string of the molecule is CCCCCCC1CCOC1C.CCN.Cc1ccc(OCCc2coc(-c3ccccc3C(C)(C)C)n2)cc1. The van der Waals surface area contributed by atoms with Crippen molar-refractivity contribution in [2.75, 3.05) is 19.8 Å². The van der Waals surface area contributed by atoms with Crippen molar-refractivity contribution in [3.05, 3.63) is 71.6 Å². The molecular weight excluding hydrogens is 496 g/mol. The highest BCUT2D eigenvalue weighted by Crippen LogP contribution is 2.32. The third kappa shape index (κ3) is 11.9. The molecule has 1 saturated heterocycles. The number of rotatable bonds is 10. The zero-order valence-corrected chi connectivity index (χ0v) is 26.2. The van der Waals surface area contributed by atoms with Crippen LogP contribution in [0.3, 0.4) is 0 Å². The first-order chi connectivity index (χ1) is 19.2. The number of oxazole rings is 1. The first-order valence-electron chi connectivity index (χ1n) is 15.2. The second-order valence-electron chi connectivity index (χ2n) is 11.7. The predicted molar refractivity (Wildman–Crippen MR) is 168 cm³/mol. The molecule has 5 heteroatoms. The molecule has 0 spiro atoms. The van der Waals surface area contributed by atoms with Crippen LogP contribution in [-0.2, 0) is 16.6 Å². The smallest absolute Gasteiger partial charge is 0.226 e. The summed E-state index contributed by atoms with van der Waals surface area (Å²) in [7, 11) is 0. The fourth-order valence-corrected chi connectivity index (χ4v) is 4.77. The maximum atomic E-state index is 5.78. The molecule has 2 atom stereocenters. The first-order valence-corrected chi connectivity index (χ1v) is 15.2. The van der Waals surface area contributed by atoms with Crippen LogP contribution in [0.15, 0.2) is 59.2 Å². The van der Waals surface area contributed by atoms with Crippen LogP contribution in [0.2, 0.25) is 0 Å². The molecule has 2 heterocycles. The number of aromatic nitrogens is 1. The van der Waals surface area contributed by atoms with E-state index in [1.165, 1.54) is 49.7 Å². The van der Waals surface area contributed by atoms with Crippen LogP contribution < -0.4 is 10.5 Å². The maximum Gasteiger partial charge on any atom is 0.226 e. The molecule has 0 amide bonds. The summed E-state index contributed by atoms with van der Waals surface area (Å²) in [5.74, 6) is 2.42. The summed E-state index contributed by atoms with van der Waals surface area (Å²) in [6.45, 7) is 17.4. The van der Waals surface area contributed by atoms with Crippen molar-refractivity contribution in [3.63, 3.8) is 0 Å². The van der Waals surface area contributed by atoms with E-state index in [1.807, 2.05) is 37.3 Å². The van der Waals surface area contributed by atoms with E-state index in [0.29, 0.717) is 18.6 Å². The highest BCUT2D eigenvalue weighted by atomic mass is 16.5. The topological polar surface area (TPSA) is 70.5 Å². The summed E-state index contributed by atoms with van der Waals surface area (Å²) in [5, 5.41) is 0. The molecular formula is C35H54N2O3. The summed E-state index contributed by atoms with van der Waals surface area (Å²) in [4.78, 5) is 4.65. The molecule has 1 aliphatic heterocycles. The molecule has 5 nitrogen and oxygen atoms in total. The van der Waals surface area contributed by atoms with Gasteiger partial charge in [-0.2, -0.15) is 0 Å². The standard InChI is InChI=1S/C22H25NO2.C11H22O.C2H7N/c1-16-9-11-18(12-10-16)24-14-13-17-15-25-21(23-17)19-7-5-6-8-20(19)22(2,3)4;1-3-4-5-6-7-11-8-9-12-10(11)2;1-2-3/h5-12,15H,13-14H2,1-4H3;10-11H,3-9H2,1-2H3;2-3H2,1H3. The van der Waals surface area contributed by atoms with Gasteiger partial charge in [-0.15, -0.1) is 0 Å². The second kappa shape index (κ2) is 17.9. The van der Waals surface area contributed by atoms with Gasteiger partial charge in [-0.05, 0) is 68.3 Å². The summed E-state index contributed by atoms with van der Waals surface area (Å²) in [6, 6.07) is 16.4. The van der Waals surface area contributed by atoms with Gasteiger partial charge in [0, 0.05) is 18.6 Å². The molecule has 1 aliphatic rings. The Kier molecular flexibility index (Phi) is 15.1. The highest BCUT2D eigenvalue weighted by molar-refractivity contribution is 5.60. The Morgan fingerprint density at radius 1 is 1.00 bits per heavy atom. The van der Waals surface area contributed by atoms with E-state index in [0.717, 1.165) is 42.5 Å². The number of nitrogens with two attached hydrogens (primary N) is 1. The molecule has 2 aromatic carbocycles. The van der Waals surface area contributed by atoms with Crippen LogP contribution in [0.25, 0.3) is 11.5 Å². The average molecular weight is 551 g/mol. The lowest BCUT2D eigenvalue weighted by Crippen LogP contribution is -2.12. The van der Waals surface area contributed by atoms with Crippen LogP contribution in [-0.4, -0.2) is 30.8 Å². The number of benzene rings is 2. The molecule has 3 aromatic rings. The van der Waals surface area contributed by atoms with Gasteiger partial charge in [0.15, 0.2) is 0 Å². The van der Waals surface area contributed by atoms with Gasteiger partial charge in [-0.3, -0.25) is 0 Å². The van der Waals surface area contributed by atoms with Crippen LogP contribution in [0.5, 0.6) is 5.75 Å². The fraction of sp³-hybridized carbons (Fsp3) is 0.571. The van der Waals surface area contributed by atoms with Crippen LogP contribution in [0, 0.1) is 12.8 Å². The molecule has 0 saturated carbocycles. The maximum absolute atomic E-state index is 5.78. The van der Waals surface area contributed by atoms with Crippen molar-refractivity contribution in [3.8, 4) is 17.2 Å². The lowest BCUT2D eigenvalue weighted by molar-refractivity contribution is 0.103. The normalized spacial score (nSPS) is 16.5. The number of aryl methyl sites for hydroxylation is 1. The summed E-state index contributed by atoms with van der Waals surface area (Å²) >= 11 is 0. The van der Waals surface area contributed by atoms with Crippen LogP contribution in [0.4, 0.5) is 0 Å². The Bertz CT molecular complexity index is 1070. The minimum absolute atomic E-state index is 0.0414. The zero-order chi connectivity index (χ0) is 29.4. The Labute approximate surface area is 243 Å². The van der Waals surface area contributed by atoms with Crippen LogP contribution >= 0.6 is 0 Å². The number of hydrogen-bond donors (Lipinski definition) is 1.